The Morgan fingerprint density at radius 2 is 1.76 bits per heavy atom. The number of benzene rings is 3. The van der Waals surface area contributed by atoms with Crippen molar-refractivity contribution in [2.24, 2.45) is 0 Å². The van der Waals surface area contributed by atoms with Gasteiger partial charge in [-0.3, -0.25) is 4.79 Å². The molecule has 7 nitrogen and oxygen atoms in total. The Labute approximate surface area is 200 Å². The standard InChI is InChI=1S/C24H20ClN5O2S/c1-32-19-13-7-15(8-14-19)20-21(23(31)26-18-11-9-17(25)10-12-18)33-24-28-27-22(30(24)29-20)16-5-3-2-4-6-16/h2-14,20-21,29H,1H3,(H,26,31)/t20-,21-/m0/s1. The van der Waals surface area contributed by atoms with Gasteiger partial charge in [-0.2, -0.15) is 0 Å². The normalized spacial score (nSPS) is 17.0. The van der Waals surface area contributed by atoms with Crippen LogP contribution in [-0.4, -0.2) is 33.1 Å². The van der Waals surface area contributed by atoms with Gasteiger partial charge >= 0.3 is 0 Å². The molecule has 2 N–H and O–H groups in total. The van der Waals surface area contributed by atoms with Crippen molar-refractivity contribution in [1.82, 2.24) is 14.9 Å². The number of ether oxygens (including phenoxy) is 1. The molecular weight excluding hydrogens is 458 g/mol. The van der Waals surface area contributed by atoms with Crippen LogP contribution < -0.4 is 15.5 Å². The molecule has 166 valence electrons. The molecule has 4 aromatic rings. The molecule has 3 aromatic carbocycles. The minimum atomic E-state index is -0.491. The van der Waals surface area contributed by atoms with Crippen LogP contribution in [0.2, 0.25) is 5.02 Å². The lowest BCUT2D eigenvalue weighted by molar-refractivity contribution is -0.116. The maximum absolute atomic E-state index is 13.4. The number of nitrogens with one attached hydrogen (secondary N) is 2. The van der Waals surface area contributed by atoms with Gasteiger partial charge < -0.3 is 15.5 Å². The smallest absolute Gasteiger partial charge is 0.240 e. The van der Waals surface area contributed by atoms with Crippen LogP contribution in [0.3, 0.4) is 0 Å². The number of rotatable bonds is 5. The molecule has 33 heavy (non-hydrogen) atoms. The zero-order chi connectivity index (χ0) is 22.8. The first-order chi connectivity index (χ1) is 16.1. The van der Waals surface area contributed by atoms with Gasteiger partial charge in [-0.05, 0) is 42.0 Å². The van der Waals surface area contributed by atoms with Gasteiger partial charge in [0.15, 0.2) is 5.82 Å². The predicted octanol–water partition coefficient (Wildman–Crippen LogP) is 5.00. The van der Waals surface area contributed by atoms with E-state index in [0.717, 1.165) is 16.9 Å². The molecule has 2 heterocycles. The Bertz CT molecular complexity index is 1260. The minimum absolute atomic E-state index is 0.147. The third kappa shape index (κ3) is 4.40. The number of hydrogen-bond donors (Lipinski definition) is 2. The molecule has 1 aromatic heterocycles. The fraction of sp³-hybridized carbons (Fsp3) is 0.125. The van der Waals surface area contributed by atoms with Crippen LogP contribution in [0.15, 0.2) is 84.0 Å². The van der Waals surface area contributed by atoms with E-state index in [1.165, 1.54) is 11.8 Å². The van der Waals surface area contributed by atoms with Crippen LogP contribution >= 0.6 is 23.4 Å². The van der Waals surface area contributed by atoms with Gasteiger partial charge in [-0.1, -0.05) is 65.8 Å². The molecule has 0 spiro atoms. The summed E-state index contributed by atoms with van der Waals surface area (Å²) in [6, 6.07) is 24.2. The highest BCUT2D eigenvalue weighted by Crippen LogP contribution is 2.39. The second-order valence-corrected chi connectivity index (χ2v) is 8.97. The van der Waals surface area contributed by atoms with Gasteiger partial charge in [0.05, 0.1) is 13.2 Å². The lowest BCUT2D eigenvalue weighted by atomic mass is 10.0. The fourth-order valence-electron chi connectivity index (χ4n) is 3.64. The second kappa shape index (κ2) is 9.17. The summed E-state index contributed by atoms with van der Waals surface area (Å²) in [6.45, 7) is 0. The van der Waals surface area contributed by atoms with Crippen LogP contribution in [0, 0.1) is 0 Å². The van der Waals surface area contributed by atoms with Gasteiger partial charge in [-0.15, -0.1) is 10.2 Å². The molecule has 0 bridgehead atoms. The topological polar surface area (TPSA) is 81.1 Å². The molecule has 9 heteroatoms. The van der Waals surface area contributed by atoms with Crippen molar-refractivity contribution in [2.45, 2.75) is 16.4 Å². The van der Waals surface area contributed by atoms with E-state index in [2.05, 4.69) is 20.9 Å². The third-order valence-corrected chi connectivity index (χ3v) is 6.78. The van der Waals surface area contributed by atoms with Gasteiger partial charge in [0.1, 0.15) is 11.0 Å². The van der Waals surface area contributed by atoms with E-state index in [4.69, 9.17) is 16.3 Å². The first-order valence-corrected chi connectivity index (χ1v) is 11.5. The van der Waals surface area contributed by atoms with Crippen molar-refractivity contribution >= 4 is 35.0 Å². The molecular formula is C24H20ClN5O2S. The van der Waals surface area contributed by atoms with E-state index in [1.54, 1.807) is 31.4 Å². The van der Waals surface area contributed by atoms with E-state index in [-0.39, 0.29) is 11.9 Å². The molecule has 5 rings (SSSR count). The summed E-state index contributed by atoms with van der Waals surface area (Å²) in [5, 5.41) is 12.4. The monoisotopic (exact) mass is 477 g/mol. The number of methoxy groups -OCH3 is 1. The summed E-state index contributed by atoms with van der Waals surface area (Å²) < 4.78 is 7.15. The summed E-state index contributed by atoms with van der Waals surface area (Å²) in [4.78, 5) is 13.4. The molecule has 0 unspecified atom stereocenters. The van der Waals surface area contributed by atoms with Crippen LogP contribution in [0.25, 0.3) is 11.4 Å². The molecule has 0 aliphatic carbocycles. The van der Waals surface area contributed by atoms with Crippen molar-refractivity contribution in [3.05, 3.63) is 89.4 Å². The van der Waals surface area contributed by atoms with E-state index in [0.29, 0.717) is 21.7 Å². The fourth-order valence-corrected chi connectivity index (χ4v) is 4.84. The Hall–Kier alpha value is -3.49. The molecule has 0 radical (unpaired) electrons. The summed E-state index contributed by atoms with van der Waals surface area (Å²) in [5.74, 6) is 1.29. The maximum Gasteiger partial charge on any atom is 0.240 e. The summed E-state index contributed by atoms with van der Waals surface area (Å²) in [6.07, 6.45) is 0. The Kier molecular flexibility index (Phi) is 5.93. The number of amides is 1. The van der Waals surface area contributed by atoms with Crippen LogP contribution in [0.5, 0.6) is 5.75 Å². The number of halogens is 1. The maximum atomic E-state index is 13.4. The van der Waals surface area contributed by atoms with E-state index >= 15 is 0 Å². The van der Waals surface area contributed by atoms with Crippen molar-refractivity contribution in [1.29, 1.82) is 0 Å². The van der Waals surface area contributed by atoms with Crippen molar-refractivity contribution < 1.29 is 9.53 Å². The second-order valence-electron chi connectivity index (χ2n) is 7.42. The number of anilines is 1. The molecule has 1 amide bonds. The molecule has 1 aliphatic heterocycles. The van der Waals surface area contributed by atoms with Crippen molar-refractivity contribution in [2.75, 3.05) is 17.9 Å². The van der Waals surface area contributed by atoms with Gasteiger partial charge in [0, 0.05) is 16.3 Å². The summed E-state index contributed by atoms with van der Waals surface area (Å²) in [7, 11) is 1.63. The van der Waals surface area contributed by atoms with Gasteiger partial charge in [-0.25, -0.2) is 4.68 Å². The Balaban J connectivity index is 1.50. The number of aromatic nitrogens is 3. The average molecular weight is 478 g/mol. The average Bonchev–Trinajstić information content (AvgIpc) is 3.28. The number of fused-ring (bicyclic) bond motifs is 1. The first-order valence-electron chi connectivity index (χ1n) is 10.3. The van der Waals surface area contributed by atoms with E-state index in [9.17, 15) is 4.79 Å². The van der Waals surface area contributed by atoms with Crippen LogP contribution in [0.4, 0.5) is 5.69 Å². The zero-order valence-corrected chi connectivity index (χ0v) is 19.2. The largest absolute Gasteiger partial charge is 0.497 e. The highest BCUT2D eigenvalue weighted by molar-refractivity contribution is 8.00. The predicted molar refractivity (Wildman–Crippen MR) is 130 cm³/mol. The van der Waals surface area contributed by atoms with E-state index in [1.807, 2.05) is 59.3 Å². The van der Waals surface area contributed by atoms with Gasteiger partial charge in [0.2, 0.25) is 11.1 Å². The molecule has 0 fully saturated rings. The first kappa shape index (κ1) is 21.4. The highest BCUT2D eigenvalue weighted by atomic mass is 35.5. The van der Waals surface area contributed by atoms with Crippen molar-refractivity contribution in [3.63, 3.8) is 0 Å². The summed E-state index contributed by atoms with van der Waals surface area (Å²) >= 11 is 7.35. The lowest BCUT2D eigenvalue weighted by Gasteiger charge is -2.33. The molecule has 2 atom stereocenters. The van der Waals surface area contributed by atoms with Crippen molar-refractivity contribution in [3.8, 4) is 17.1 Å². The zero-order valence-electron chi connectivity index (χ0n) is 17.6. The van der Waals surface area contributed by atoms with Crippen LogP contribution in [-0.2, 0) is 4.79 Å². The SMILES string of the molecule is COc1ccc([C@@H]2Nn3c(nnc3-c3ccccc3)S[C@@H]2C(=O)Nc2ccc(Cl)cc2)cc1. The molecule has 0 saturated heterocycles. The number of carbonyl (C=O) groups excluding carboxylic acids is 1. The Morgan fingerprint density at radius 1 is 1.03 bits per heavy atom. The molecule has 1 aliphatic rings. The molecule has 0 saturated carbocycles. The Morgan fingerprint density at radius 3 is 2.45 bits per heavy atom. The number of nitrogens with zero attached hydrogens (tertiary/aromatic N) is 3. The highest BCUT2D eigenvalue weighted by Gasteiger charge is 2.38. The van der Waals surface area contributed by atoms with E-state index < -0.39 is 5.25 Å². The number of carbonyl (C=O) groups is 1. The third-order valence-electron chi connectivity index (χ3n) is 5.31. The van der Waals surface area contributed by atoms with Crippen LogP contribution in [0.1, 0.15) is 11.6 Å². The summed E-state index contributed by atoms with van der Waals surface area (Å²) in [5.41, 5.74) is 6.02. The number of thioether (sulfide) groups is 1. The minimum Gasteiger partial charge on any atom is -0.497 e. The quantitative estimate of drug-likeness (QED) is 0.421. The van der Waals surface area contributed by atoms with Gasteiger partial charge in [0.25, 0.3) is 0 Å². The lowest BCUT2D eigenvalue weighted by Crippen LogP contribution is -2.41. The number of hydrogen-bond acceptors (Lipinski definition) is 6.